The third kappa shape index (κ3) is 6.39. The maximum Gasteiger partial charge on any atom is 0.222 e. The number of ether oxygens (including phenoxy) is 3. The van der Waals surface area contributed by atoms with E-state index in [1.807, 2.05) is 19.1 Å². The molecule has 3 rings (SSSR count). The summed E-state index contributed by atoms with van der Waals surface area (Å²) in [5, 5.41) is 13.5. The second kappa shape index (κ2) is 10.6. The van der Waals surface area contributed by atoms with Crippen LogP contribution in [0.25, 0.3) is 0 Å². The van der Waals surface area contributed by atoms with E-state index in [-0.39, 0.29) is 24.5 Å². The molecule has 0 aliphatic carbocycles. The Labute approximate surface area is 186 Å². The number of rotatable bonds is 8. The molecule has 3 saturated heterocycles. The summed E-state index contributed by atoms with van der Waals surface area (Å²) in [7, 11) is 0. The molecule has 0 unspecified atom stereocenters. The zero-order valence-electron chi connectivity index (χ0n) is 19.4. The van der Waals surface area contributed by atoms with Gasteiger partial charge in [0.25, 0.3) is 0 Å². The number of aliphatic hydroxyl groups excluding tert-OH is 1. The van der Waals surface area contributed by atoms with Crippen molar-refractivity contribution in [3.8, 4) is 0 Å². The van der Waals surface area contributed by atoms with E-state index in [1.54, 1.807) is 0 Å². The van der Waals surface area contributed by atoms with E-state index in [0.29, 0.717) is 44.1 Å². The molecule has 0 saturated carbocycles. The summed E-state index contributed by atoms with van der Waals surface area (Å²) in [5.41, 5.74) is 5.96. The van der Waals surface area contributed by atoms with Crippen LogP contribution < -0.4 is 11.1 Å². The minimum atomic E-state index is -0.732. The van der Waals surface area contributed by atoms with Crippen LogP contribution in [0.1, 0.15) is 53.4 Å². The summed E-state index contributed by atoms with van der Waals surface area (Å²) in [6.45, 7) is 10.1. The van der Waals surface area contributed by atoms with E-state index in [9.17, 15) is 9.90 Å². The largest absolute Gasteiger partial charge is 0.387 e. The Bertz CT molecular complexity index is 675. The third-order valence-corrected chi connectivity index (χ3v) is 6.96. The molecule has 8 atom stereocenters. The topological polar surface area (TPSA) is 106 Å². The molecule has 3 fully saturated rings. The summed E-state index contributed by atoms with van der Waals surface area (Å²) < 4.78 is 17.8. The fourth-order valence-electron chi connectivity index (χ4n) is 4.67. The van der Waals surface area contributed by atoms with Crippen LogP contribution in [0, 0.1) is 11.8 Å². The van der Waals surface area contributed by atoms with Crippen molar-refractivity contribution < 1.29 is 24.1 Å². The van der Waals surface area contributed by atoms with Crippen molar-refractivity contribution in [2.75, 3.05) is 19.7 Å². The van der Waals surface area contributed by atoms with Gasteiger partial charge < -0.3 is 30.4 Å². The summed E-state index contributed by atoms with van der Waals surface area (Å²) >= 11 is 0. The van der Waals surface area contributed by atoms with Gasteiger partial charge in [0.05, 0.1) is 31.3 Å². The molecule has 3 aliphatic rings. The number of epoxide rings is 1. The lowest BCUT2D eigenvalue weighted by molar-refractivity contribution is -0.145. The molecule has 3 aliphatic heterocycles. The summed E-state index contributed by atoms with van der Waals surface area (Å²) in [4.78, 5) is 12.1. The van der Waals surface area contributed by atoms with Crippen molar-refractivity contribution >= 4 is 5.91 Å². The van der Waals surface area contributed by atoms with Gasteiger partial charge in [-0.05, 0) is 38.5 Å². The van der Waals surface area contributed by atoms with Gasteiger partial charge in [0, 0.05) is 19.5 Å². The zero-order valence-corrected chi connectivity index (χ0v) is 19.4. The van der Waals surface area contributed by atoms with Gasteiger partial charge in [-0.15, -0.1) is 0 Å². The van der Waals surface area contributed by atoms with Crippen LogP contribution in [0.4, 0.5) is 0 Å². The molecule has 31 heavy (non-hydrogen) atoms. The number of hydrogen-bond donors (Lipinski definition) is 3. The van der Waals surface area contributed by atoms with E-state index in [0.717, 1.165) is 12.0 Å². The minimum absolute atomic E-state index is 0.0911. The standard InChI is InChI=1S/C24H40N2O5/c1-15(5-7-20-17(3)11-16(2)18(4)30-20)6-8-21-23(28)24(14-29-24)13-19(31-21)12-22(27)26-10-9-25/h5-6,8,16-21,23,28H,7,9-14,25H2,1-4H3,(H,26,27)/b8-6+,15-5+/t16-,17+,18-,19-,20+,21-,23-,24-/m1/s1. The van der Waals surface area contributed by atoms with Crippen LogP contribution in [-0.2, 0) is 19.0 Å². The average molecular weight is 437 g/mol. The monoisotopic (exact) mass is 436 g/mol. The minimum Gasteiger partial charge on any atom is -0.387 e. The van der Waals surface area contributed by atoms with Gasteiger partial charge in [0.2, 0.25) is 5.91 Å². The van der Waals surface area contributed by atoms with Crippen molar-refractivity contribution in [3.63, 3.8) is 0 Å². The van der Waals surface area contributed by atoms with Crippen LogP contribution in [0.15, 0.2) is 23.8 Å². The van der Waals surface area contributed by atoms with E-state index < -0.39 is 17.8 Å². The number of amides is 1. The molecule has 0 bridgehead atoms. The van der Waals surface area contributed by atoms with Crippen molar-refractivity contribution in [1.82, 2.24) is 5.32 Å². The molecule has 1 amide bonds. The van der Waals surface area contributed by atoms with E-state index >= 15 is 0 Å². The lowest BCUT2D eigenvalue weighted by Gasteiger charge is -2.37. The highest BCUT2D eigenvalue weighted by molar-refractivity contribution is 5.76. The van der Waals surface area contributed by atoms with E-state index in [2.05, 4.69) is 32.2 Å². The number of nitrogens with one attached hydrogen (secondary N) is 1. The molecular weight excluding hydrogens is 396 g/mol. The highest BCUT2D eigenvalue weighted by Crippen LogP contribution is 2.43. The SMILES string of the molecule is CC(/C=C/[C@H]1O[C@H](CC(=O)NCCN)C[C@@]2(CO2)[C@@H]1O)=C\C[C@@H]1O[C@H](C)[C@H](C)C[C@@H]1C. The number of hydrogen-bond acceptors (Lipinski definition) is 6. The van der Waals surface area contributed by atoms with E-state index in [4.69, 9.17) is 19.9 Å². The predicted molar refractivity (Wildman–Crippen MR) is 119 cm³/mol. The molecule has 4 N–H and O–H groups in total. The van der Waals surface area contributed by atoms with Gasteiger partial charge in [-0.25, -0.2) is 0 Å². The van der Waals surface area contributed by atoms with Crippen molar-refractivity contribution in [2.45, 2.75) is 89.5 Å². The Morgan fingerprint density at radius 1 is 1.26 bits per heavy atom. The molecule has 0 aromatic rings. The highest BCUT2D eigenvalue weighted by atomic mass is 16.6. The van der Waals surface area contributed by atoms with Crippen LogP contribution in [0.5, 0.6) is 0 Å². The first-order chi connectivity index (χ1) is 14.7. The molecule has 7 heteroatoms. The summed E-state index contributed by atoms with van der Waals surface area (Å²) in [5.74, 6) is 1.05. The first-order valence-electron chi connectivity index (χ1n) is 11.7. The lowest BCUT2D eigenvalue weighted by atomic mass is 9.85. The smallest absolute Gasteiger partial charge is 0.222 e. The molecular formula is C24H40N2O5. The fraction of sp³-hybridized carbons (Fsp3) is 0.792. The first kappa shape index (κ1) is 24.4. The van der Waals surface area contributed by atoms with Gasteiger partial charge in [-0.2, -0.15) is 0 Å². The number of nitrogens with two attached hydrogens (primary N) is 1. The van der Waals surface area contributed by atoms with Crippen molar-refractivity contribution in [2.24, 2.45) is 17.6 Å². The maximum atomic E-state index is 12.1. The molecule has 0 radical (unpaired) electrons. The number of carbonyl (C=O) groups is 1. The highest BCUT2D eigenvalue weighted by Gasteiger charge is 2.58. The number of allylic oxidation sites excluding steroid dienone is 2. The molecule has 176 valence electrons. The summed E-state index contributed by atoms with van der Waals surface area (Å²) in [6, 6.07) is 0. The average Bonchev–Trinajstić information content (AvgIpc) is 3.49. The normalized spacial score (nSPS) is 41.0. The van der Waals surface area contributed by atoms with Crippen molar-refractivity contribution in [3.05, 3.63) is 23.8 Å². The molecule has 7 nitrogen and oxygen atoms in total. The predicted octanol–water partition coefficient (Wildman–Crippen LogP) is 2.08. The zero-order chi connectivity index (χ0) is 22.6. The molecule has 1 spiro atoms. The van der Waals surface area contributed by atoms with Gasteiger partial charge in [-0.1, -0.05) is 37.6 Å². The first-order valence-corrected chi connectivity index (χ1v) is 11.7. The molecule has 0 aromatic carbocycles. The van der Waals surface area contributed by atoms with Gasteiger partial charge in [-0.3, -0.25) is 4.79 Å². The van der Waals surface area contributed by atoms with Crippen molar-refractivity contribution in [1.29, 1.82) is 0 Å². The quantitative estimate of drug-likeness (QED) is 0.397. The summed E-state index contributed by atoms with van der Waals surface area (Å²) in [6.07, 6.45) is 7.91. The Balaban J connectivity index is 1.56. The second-order valence-corrected chi connectivity index (χ2v) is 9.68. The van der Waals surface area contributed by atoms with Crippen LogP contribution in [-0.4, -0.2) is 66.8 Å². The maximum absolute atomic E-state index is 12.1. The molecule has 0 aromatic heterocycles. The van der Waals surface area contributed by atoms with Gasteiger partial charge >= 0.3 is 0 Å². The van der Waals surface area contributed by atoms with Crippen LogP contribution in [0.3, 0.4) is 0 Å². The van der Waals surface area contributed by atoms with Gasteiger partial charge in [0.1, 0.15) is 17.8 Å². The Morgan fingerprint density at radius 2 is 2.00 bits per heavy atom. The number of aliphatic hydroxyl groups is 1. The molecule has 3 heterocycles. The van der Waals surface area contributed by atoms with Gasteiger partial charge in [0.15, 0.2) is 0 Å². The second-order valence-electron chi connectivity index (χ2n) is 9.68. The number of carbonyl (C=O) groups excluding carboxylic acids is 1. The Hall–Kier alpha value is -1.25. The Morgan fingerprint density at radius 3 is 2.68 bits per heavy atom. The van der Waals surface area contributed by atoms with E-state index in [1.165, 1.54) is 6.42 Å². The van der Waals surface area contributed by atoms with Crippen LogP contribution in [0.2, 0.25) is 0 Å². The lowest BCUT2D eigenvalue weighted by Crippen LogP contribution is -2.51. The Kier molecular flexibility index (Phi) is 8.32. The third-order valence-electron chi connectivity index (χ3n) is 6.96. The van der Waals surface area contributed by atoms with Crippen LogP contribution >= 0.6 is 0 Å². The fourth-order valence-corrected chi connectivity index (χ4v) is 4.67.